The standard InChI is InChI=1S/C14H15ClINOS/c1-2-11(17)14(12-7-8-13(15)19-12)18-10-5-3-9(16)4-6-10/h3-8,11,14H,2,17H2,1H3. The van der Waals surface area contributed by atoms with Gasteiger partial charge in [-0.25, -0.2) is 0 Å². The molecule has 1 heterocycles. The largest absolute Gasteiger partial charge is 0.483 e. The zero-order valence-corrected chi connectivity index (χ0v) is 14.2. The lowest BCUT2D eigenvalue weighted by Crippen LogP contribution is -2.30. The van der Waals surface area contributed by atoms with Crippen LogP contribution in [0, 0.1) is 3.57 Å². The van der Waals surface area contributed by atoms with Crippen LogP contribution < -0.4 is 10.5 Å². The van der Waals surface area contributed by atoms with Crippen LogP contribution >= 0.6 is 45.5 Å². The summed E-state index contributed by atoms with van der Waals surface area (Å²) in [6, 6.07) is 11.8. The van der Waals surface area contributed by atoms with Gasteiger partial charge in [0.25, 0.3) is 0 Å². The molecule has 1 aromatic heterocycles. The van der Waals surface area contributed by atoms with E-state index in [1.807, 2.05) is 36.4 Å². The molecule has 0 aliphatic rings. The van der Waals surface area contributed by atoms with Crippen molar-refractivity contribution in [3.63, 3.8) is 0 Å². The second-order valence-electron chi connectivity index (χ2n) is 4.21. The van der Waals surface area contributed by atoms with Crippen LogP contribution in [-0.2, 0) is 0 Å². The first-order valence-electron chi connectivity index (χ1n) is 6.03. The maximum atomic E-state index is 6.17. The molecule has 2 atom stereocenters. The minimum atomic E-state index is -0.150. The molecule has 0 aliphatic carbocycles. The highest BCUT2D eigenvalue weighted by Crippen LogP contribution is 2.32. The van der Waals surface area contributed by atoms with Gasteiger partial charge >= 0.3 is 0 Å². The van der Waals surface area contributed by atoms with Crippen LogP contribution in [-0.4, -0.2) is 6.04 Å². The normalized spacial score (nSPS) is 14.1. The Hall–Kier alpha value is -0.300. The zero-order chi connectivity index (χ0) is 13.8. The van der Waals surface area contributed by atoms with Gasteiger partial charge in [0.05, 0.1) is 4.34 Å². The highest BCUT2D eigenvalue weighted by Gasteiger charge is 2.22. The van der Waals surface area contributed by atoms with Gasteiger partial charge in [-0.05, 0) is 65.4 Å². The molecule has 5 heteroatoms. The Kier molecular flexibility index (Phi) is 5.50. The molecule has 0 aliphatic heterocycles. The van der Waals surface area contributed by atoms with E-state index in [1.165, 1.54) is 14.9 Å². The van der Waals surface area contributed by atoms with Gasteiger partial charge in [-0.1, -0.05) is 18.5 Å². The Morgan fingerprint density at radius 2 is 1.95 bits per heavy atom. The van der Waals surface area contributed by atoms with Crippen molar-refractivity contribution in [3.8, 4) is 5.75 Å². The van der Waals surface area contributed by atoms with Gasteiger partial charge in [-0.15, -0.1) is 11.3 Å². The first-order chi connectivity index (χ1) is 9.10. The van der Waals surface area contributed by atoms with Crippen LogP contribution in [0.15, 0.2) is 36.4 Å². The Bertz CT molecular complexity index is 528. The molecule has 0 saturated heterocycles. The van der Waals surface area contributed by atoms with Gasteiger partial charge in [0.2, 0.25) is 0 Å². The Morgan fingerprint density at radius 3 is 2.47 bits per heavy atom. The summed E-state index contributed by atoms with van der Waals surface area (Å²) in [5, 5.41) is 0. The molecule has 0 amide bonds. The molecule has 0 saturated carbocycles. The summed E-state index contributed by atoms with van der Waals surface area (Å²) in [5.41, 5.74) is 6.17. The van der Waals surface area contributed by atoms with Gasteiger partial charge in [-0.2, -0.15) is 0 Å². The summed E-state index contributed by atoms with van der Waals surface area (Å²) >= 11 is 9.79. The van der Waals surface area contributed by atoms with Gasteiger partial charge in [0.15, 0.2) is 0 Å². The van der Waals surface area contributed by atoms with Crippen molar-refractivity contribution in [2.75, 3.05) is 0 Å². The molecular formula is C14H15ClINOS. The van der Waals surface area contributed by atoms with Gasteiger partial charge in [0, 0.05) is 14.5 Å². The third-order valence-electron chi connectivity index (χ3n) is 2.81. The number of benzene rings is 1. The first-order valence-corrected chi connectivity index (χ1v) is 8.30. The highest BCUT2D eigenvalue weighted by molar-refractivity contribution is 14.1. The van der Waals surface area contributed by atoms with E-state index in [2.05, 4.69) is 29.5 Å². The van der Waals surface area contributed by atoms with E-state index in [-0.39, 0.29) is 12.1 Å². The number of rotatable bonds is 5. The van der Waals surface area contributed by atoms with Crippen molar-refractivity contribution >= 4 is 45.5 Å². The fourth-order valence-electron chi connectivity index (χ4n) is 1.71. The number of hydrogen-bond acceptors (Lipinski definition) is 3. The monoisotopic (exact) mass is 407 g/mol. The number of ether oxygens (including phenoxy) is 1. The van der Waals surface area contributed by atoms with Gasteiger partial charge in [0.1, 0.15) is 11.9 Å². The lowest BCUT2D eigenvalue weighted by molar-refractivity contribution is 0.174. The molecule has 2 rings (SSSR count). The lowest BCUT2D eigenvalue weighted by atomic mass is 10.1. The van der Waals surface area contributed by atoms with Crippen molar-refractivity contribution in [2.45, 2.75) is 25.5 Å². The first kappa shape index (κ1) is 15.1. The highest BCUT2D eigenvalue weighted by atomic mass is 127. The van der Waals surface area contributed by atoms with E-state index in [0.717, 1.165) is 21.4 Å². The summed E-state index contributed by atoms with van der Waals surface area (Å²) in [4.78, 5) is 1.07. The molecule has 2 aromatic rings. The maximum Gasteiger partial charge on any atom is 0.148 e. The fraction of sp³-hybridized carbons (Fsp3) is 0.286. The smallest absolute Gasteiger partial charge is 0.148 e. The number of thiophene rings is 1. The predicted octanol–water partition coefficient (Wildman–Crippen LogP) is 4.86. The molecule has 2 N–H and O–H groups in total. The summed E-state index contributed by atoms with van der Waals surface area (Å²) in [6.07, 6.45) is 0.701. The molecule has 0 spiro atoms. The molecule has 0 fully saturated rings. The van der Waals surface area contributed by atoms with Crippen LogP contribution in [0.25, 0.3) is 0 Å². The molecular weight excluding hydrogens is 393 g/mol. The van der Waals surface area contributed by atoms with Crippen molar-refractivity contribution in [1.82, 2.24) is 0 Å². The van der Waals surface area contributed by atoms with Crippen molar-refractivity contribution in [2.24, 2.45) is 5.73 Å². The second kappa shape index (κ2) is 6.92. The number of hydrogen-bond donors (Lipinski definition) is 1. The average Bonchev–Trinajstić information content (AvgIpc) is 2.83. The van der Waals surface area contributed by atoms with Crippen molar-refractivity contribution in [1.29, 1.82) is 0 Å². The fourth-order valence-corrected chi connectivity index (χ4v) is 3.24. The van der Waals surface area contributed by atoms with E-state index in [0.29, 0.717) is 0 Å². The molecule has 0 radical (unpaired) electrons. The maximum absolute atomic E-state index is 6.17. The number of nitrogens with two attached hydrogens (primary N) is 1. The van der Waals surface area contributed by atoms with Crippen LogP contribution in [0.3, 0.4) is 0 Å². The number of halogens is 2. The van der Waals surface area contributed by atoms with Crippen LogP contribution in [0.4, 0.5) is 0 Å². The minimum Gasteiger partial charge on any atom is -0.483 e. The molecule has 1 aromatic carbocycles. The Balaban J connectivity index is 2.21. The van der Waals surface area contributed by atoms with E-state index in [1.54, 1.807) is 0 Å². The summed E-state index contributed by atoms with van der Waals surface area (Å²) in [6.45, 7) is 2.06. The van der Waals surface area contributed by atoms with Crippen molar-refractivity contribution in [3.05, 3.63) is 49.2 Å². The minimum absolute atomic E-state index is 0.0472. The summed E-state index contributed by atoms with van der Waals surface area (Å²) in [5.74, 6) is 0.832. The van der Waals surface area contributed by atoms with Crippen LogP contribution in [0.2, 0.25) is 4.34 Å². The van der Waals surface area contributed by atoms with Gasteiger partial charge < -0.3 is 10.5 Å². The Labute approximate surface area is 136 Å². The third-order valence-corrected chi connectivity index (χ3v) is 4.82. The second-order valence-corrected chi connectivity index (χ2v) is 7.20. The van der Waals surface area contributed by atoms with E-state index >= 15 is 0 Å². The third kappa shape index (κ3) is 4.08. The zero-order valence-electron chi connectivity index (χ0n) is 10.5. The predicted molar refractivity (Wildman–Crippen MR) is 90.1 cm³/mol. The average molecular weight is 408 g/mol. The van der Waals surface area contributed by atoms with E-state index < -0.39 is 0 Å². The summed E-state index contributed by atoms with van der Waals surface area (Å²) in [7, 11) is 0. The molecule has 2 nitrogen and oxygen atoms in total. The summed E-state index contributed by atoms with van der Waals surface area (Å²) < 4.78 is 7.98. The van der Waals surface area contributed by atoms with Crippen LogP contribution in [0.5, 0.6) is 5.75 Å². The van der Waals surface area contributed by atoms with E-state index in [9.17, 15) is 0 Å². The molecule has 19 heavy (non-hydrogen) atoms. The van der Waals surface area contributed by atoms with Gasteiger partial charge in [-0.3, -0.25) is 0 Å². The SMILES string of the molecule is CCC(N)C(Oc1ccc(I)cc1)c1ccc(Cl)s1. The lowest BCUT2D eigenvalue weighted by Gasteiger charge is -2.23. The molecule has 102 valence electrons. The molecule has 2 unspecified atom stereocenters. The topological polar surface area (TPSA) is 35.2 Å². The van der Waals surface area contributed by atoms with Crippen molar-refractivity contribution < 1.29 is 4.74 Å². The molecule has 0 bridgehead atoms. The van der Waals surface area contributed by atoms with E-state index in [4.69, 9.17) is 22.1 Å². The Morgan fingerprint density at radius 1 is 1.26 bits per heavy atom. The quantitative estimate of drug-likeness (QED) is 0.718. The van der Waals surface area contributed by atoms with Crippen LogP contribution in [0.1, 0.15) is 24.3 Å².